The number of ether oxygens (including phenoxy) is 1. The average Bonchev–Trinajstić information content (AvgIpc) is 2.45. The van der Waals surface area contributed by atoms with E-state index in [4.69, 9.17) is 4.74 Å². The Labute approximate surface area is 132 Å². The molecule has 122 valence electrons. The van der Waals surface area contributed by atoms with E-state index in [0.29, 0.717) is 0 Å². The van der Waals surface area contributed by atoms with Gasteiger partial charge in [-0.1, -0.05) is 0 Å². The van der Waals surface area contributed by atoms with Crippen LogP contribution in [0.1, 0.15) is 39.3 Å². The van der Waals surface area contributed by atoms with Crippen molar-refractivity contribution in [3.8, 4) is 0 Å². The summed E-state index contributed by atoms with van der Waals surface area (Å²) in [6.45, 7) is 9.27. The fraction of sp³-hybridized carbons (Fsp3) is 0.688. The van der Waals surface area contributed by atoms with E-state index in [0.717, 1.165) is 37.4 Å². The first-order valence-electron chi connectivity index (χ1n) is 7.77. The van der Waals surface area contributed by atoms with Gasteiger partial charge in [-0.15, -0.1) is 5.10 Å². The summed E-state index contributed by atoms with van der Waals surface area (Å²) >= 11 is 0. The van der Waals surface area contributed by atoms with Crippen LogP contribution in [-0.4, -0.2) is 53.0 Å². The van der Waals surface area contributed by atoms with Crippen LogP contribution in [0.2, 0.25) is 0 Å². The van der Waals surface area contributed by atoms with Crippen LogP contribution in [0.5, 0.6) is 0 Å². The van der Waals surface area contributed by atoms with Crippen molar-refractivity contribution in [2.45, 2.75) is 52.2 Å². The van der Waals surface area contributed by atoms with Crippen LogP contribution in [0, 0.1) is 6.92 Å². The van der Waals surface area contributed by atoms with Gasteiger partial charge in [-0.2, -0.15) is 5.10 Å². The van der Waals surface area contributed by atoms with Crippen molar-refractivity contribution in [1.29, 1.82) is 0 Å². The monoisotopic (exact) mass is 306 g/mol. The molecule has 0 aromatic carbocycles. The first-order valence-corrected chi connectivity index (χ1v) is 7.77. The van der Waals surface area contributed by atoms with Gasteiger partial charge in [-0.25, -0.2) is 4.79 Å². The quantitative estimate of drug-likeness (QED) is 0.840. The molecule has 0 saturated carbocycles. The lowest BCUT2D eigenvalue weighted by Crippen LogP contribution is -2.50. The van der Waals surface area contributed by atoms with E-state index in [2.05, 4.69) is 15.1 Å². The molecule has 1 aromatic rings. The summed E-state index contributed by atoms with van der Waals surface area (Å²) in [6.07, 6.45) is 1.73. The van der Waals surface area contributed by atoms with Crippen LogP contribution >= 0.6 is 0 Å². The first-order chi connectivity index (χ1) is 10.3. The van der Waals surface area contributed by atoms with Crippen molar-refractivity contribution < 1.29 is 9.53 Å². The Morgan fingerprint density at radius 2 is 2.09 bits per heavy atom. The second-order valence-corrected chi connectivity index (χ2v) is 6.87. The van der Waals surface area contributed by atoms with Crippen molar-refractivity contribution in [2.24, 2.45) is 0 Å². The molecule has 1 fully saturated rings. The number of piperidine rings is 1. The number of rotatable bonds is 2. The Morgan fingerprint density at radius 3 is 2.68 bits per heavy atom. The van der Waals surface area contributed by atoms with E-state index in [1.165, 1.54) is 0 Å². The highest BCUT2D eigenvalue weighted by Crippen LogP contribution is 2.21. The van der Waals surface area contributed by atoms with Crippen LogP contribution < -0.4 is 4.90 Å². The summed E-state index contributed by atoms with van der Waals surface area (Å²) in [7, 11) is 1.81. The predicted molar refractivity (Wildman–Crippen MR) is 86.0 cm³/mol. The normalized spacial score (nSPS) is 19.0. The first kappa shape index (κ1) is 16.5. The number of hydrogen-bond donors (Lipinski definition) is 0. The molecule has 0 radical (unpaired) electrons. The lowest BCUT2D eigenvalue weighted by molar-refractivity contribution is 0.0209. The van der Waals surface area contributed by atoms with Crippen molar-refractivity contribution in [2.75, 3.05) is 25.0 Å². The topological polar surface area (TPSA) is 58.6 Å². The number of aromatic nitrogens is 2. The fourth-order valence-corrected chi connectivity index (χ4v) is 2.52. The number of nitrogens with zero attached hydrogens (tertiary/aromatic N) is 4. The molecular formula is C16H26N4O2. The van der Waals surface area contributed by atoms with Gasteiger partial charge in [0.15, 0.2) is 5.82 Å². The van der Waals surface area contributed by atoms with Gasteiger partial charge in [0.1, 0.15) is 5.60 Å². The van der Waals surface area contributed by atoms with Crippen molar-refractivity contribution in [1.82, 2.24) is 15.1 Å². The van der Waals surface area contributed by atoms with Gasteiger partial charge >= 0.3 is 6.09 Å². The number of amides is 1. The van der Waals surface area contributed by atoms with E-state index in [1.54, 1.807) is 4.90 Å². The van der Waals surface area contributed by atoms with E-state index in [1.807, 2.05) is 46.9 Å². The standard InChI is InChI=1S/C16H26N4O2/c1-12-8-9-14(18-17-12)20-10-6-7-13(11-20)19(5)15(21)22-16(2,3)4/h8-9,13H,6-7,10-11H2,1-5H3/t13-/m0/s1. The zero-order valence-corrected chi connectivity index (χ0v) is 14.2. The van der Waals surface area contributed by atoms with Gasteiger partial charge in [0, 0.05) is 20.1 Å². The lowest BCUT2D eigenvalue weighted by atomic mass is 10.0. The van der Waals surface area contributed by atoms with Crippen LogP contribution in [0.25, 0.3) is 0 Å². The maximum atomic E-state index is 12.2. The summed E-state index contributed by atoms with van der Waals surface area (Å²) in [5.41, 5.74) is 0.436. The van der Waals surface area contributed by atoms with Crippen LogP contribution in [0.15, 0.2) is 12.1 Å². The second-order valence-electron chi connectivity index (χ2n) is 6.87. The van der Waals surface area contributed by atoms with Gasteiger partial charge in [0.05, 0.1) is 11.7 Å². The highest BCUT2D eigenvalue weighted by atomic mass is 16.6. The number of carbonyl (C=O) groups excluding carboxylic acids is 1. The Kier molecular flexibility index (Phi) is 4.88. The van der Waals surface area contributed by atoms with E-state index in [-0.39, 0.29) is 12.1 Å². The van der Waals surface area contributed by atoms with Gasteiger partial charge in [-0.05, 0) is 52.7 Å². The zero-order valence-electron chi connectivity index (χ0n) is 14.2. The Hall–Kier alpha value is -1.85. The molecule has 1 aliphatic rings. The number of carbonyl (C=O) groups is 1. The van der Waals surface area contributed by atoms with Crippen LogP contribution in [0.4, 0.5) is 10.6 Å². The Balaban J connectivity index is 2.00. The Morgan fingerprint density at radius 1 is 1.36 bits per heavy atom. The molecule has 1 aliphatic heterocycles. The molecule has 6 nitrogen and oxygen atoms in total. The molecule has 0 bridgehead atoms. The molecule has 2 rings (SSSR count). The molecule has 22 heavy (non-hydrogen) atoms. The van der Waals surface area contributed by atoms with Crippen molar-refractivity contribution >= 4 is 11.9 Å². The highest BCUT2D eigenvalue weighted by Gasteiger charge is 2.29. The summed E-state index contributed by atoms with van der Waals surface area (Å²) < 4.78 is 5.45. The van der Waals surface area contributed by atoms with E-state index in [9.17, 15) is 4.79 Å². The number of anilines is 1. The second kappa shape index (κ2) is 6.50. The largest absolute Gasteiger partial charge is 0.444 e. The molecule has 6 heteroatoms. The number of hydrogen-bond acceptors (Lipinski definition) is 5. The summed E-state index contributed by atoms with van der Waals surface area (Å²) in [5, 5.41) is 8.35. The molecular weight excluding hydrogens is 280 g/mol. The smallest absolute Gasteiger partial charge is 0.410 e. The van der Waals surface area contributed by atoms with E-state index < -0.39 is 5.60 Å². The predicted octanol–water partition coefficient (Wildman–Crippen LogP) is 2.62. The summed E-state index contributed by atoms with van der Waals surface area (Å²) in [5.74, 6) is 0.868. The third-order valence-corrected chi connectivity index (χ3v) is 3.73. The summed E-state index contributed by atoms with van der Waals surface area (Å²) in [4.78, 5) is 16.1. The lowest BCUT2D eigenvalue weighted by Gasteiger charge is -2.38. The molecule has 2 heterocycles. The minimum atomic E-state index is -0.470. The van der Waals surface area contributed by atoms with E-state index >= 15 is 0 Å². The number of aryl methyl sites for hydroxylation is 1. The third kappa shape index (κ3) is 4.32. The van der Waals surface area contributed by atoms with Gasteiger partial charge in [0.25, 0.3) is 0 Å². The number of likely N-dealkylation sites (N-methyl/N-ethyl adjacent to an activating group) is 1. The molecule has 1 atom stereocenters. The molecule has 0 unspecified atom stereocenters. The molecule has 1 aromatic heterocycles. The van der Waals surface area contributed by atoms with Crippen molar-refractivity contribution in [3.05, 3.63) is 17.8 Å². The maximum Gasteiger partial charge on any atom is 0.410 e. The molecule has 1 saturated heterocycles. The molecule has 0 N–H and O–H groups in total. The summed E-state index contributed by atoms with van der Waals surface area (Å²) in [6, 6.07) is 4.08. The van der Waals surface area contributed by atoms with Crippen LogP contribution in [-0.2, 0) is 4.74 Å². The minimum absolute atomic E-state index is 0.131. The SMILES string of the molecule is Cc1ccc(N2CCC[C@H](N(C)C(=O)OC(C)(C)C)C2)nn1. The van der Waals surface area contributed by atoms with Gasteiger partial charge in [-0.3, -0.25) is 0 Å². The highest BCUT2D eigenvalue weighted by molar-refractivity contribution is 5.68. The molecule has 0 aliphatic carbocycles. The third-order valence-electron chi connectivity index (χ3n) is 3.73. The fourth-order valence-electron chi connectivity index (χ4n) is 2.52. The maximum absolute atomic E-state index is 12.2. The molecule has 0 spiro atoms. The average molecular weight is 306 g/mol. The van der Waals surface area contributed by atoms with Gasteiger partial charge in [0.2, 0.25) is 0 Å². The van der Waals surface area contributed by atoms with Crippen LogP contribution in [0.3, 0.4) is 0 Å². The Bertz CT molecular complexity index is 510. The van der Waals surface area contributed by atoms with Crippen molar-refractivity contribution in [3.63, 3.8) is 0 Å². The zero-order chi connectivity index (χ0) is 16.3. The van der Waals surface area contributed by atoms with Gasteiger partial charge < -0.3 is 14.5 Å². The molecule has 1 amide bonds. The minimum Gasteiger partial charge on any atom is -0.444 e.